The van der Waals surface area contributed by atoms with Crippen molar-refractivity contribution in [2.75, 3.05) is 0 Å². The summed E-state index contributed by atoms with van der Waals surface area (Å²) in [7, 11) is 0. The van der Waals surface area contributed by atoms with Gasteiger partial charge in [0.25, 0.3) is 5.56 Å². The fourth-order valence-corrected chi connectivity index (χ4v) is 2.96. The first kappa shape index (κ1) is 15.6. The number of hydrogen-bond acceptors (Lipinski definition) is 3. The number of benzene rings is 2. The highest BCUT2D eigenvalue weighted by Crippen LogP contribution is 2.20. The zero-order valence-corrected chi connectivity index (χ0v) is 14.3. The molecule has 0 saturated carbocycles. The molecule has 2 aromatic carbocycles. The number of H-pyrrole nitrogens is 1. The van der Waals surface area contributed by atoms with Gasteiger partial charge in [-0.1, -0.05) is 53.6 Å². The van der Waals surface area contributed by atoms with Crippen LogP contribution in [-0.2, 0) is 6.54 Å². The number of aryl methyl sites for hydroxylation is 1. The molecule has 5 nitrogen and oxygen atoms in total. The highest BCUT2D eigenvalue weighted by Gasteiger charge is 2.12. The third kappa shape index (κ3) is 3.06. The molecule has 0 aliphatic heterocycles. The molecule has 0 spiro atoms. The molecular weight excluding hydrogens is 336 g/mol. The first-order valence-corrected chi connectivity index (χ1v) is 8.24. The Morgan fingerprint density at radius 2 is 1.96 bits per heavy atom. The average Bonchev–Trinajstić information content (AvgIpc) is 3.00. The van der Waals surface area contributed by atoms with Crippen molar-refractivity contribution in [1.29, 1.82) is 0 Å². The van der Waals surface area contributed by atoms with Crippen LogP contribution in [0, 0.1) is 6.92 Å². The number of hydrogen-bond donors (Lipinski definition) is 1. The highest BCUT2D eigenvalue weighted by molar-refractivity contribution is 6.30. The summed E-state index contributed by atoms with van der Waals surface area (Å²) in [6, 6.07) is 15.4. The predicted molar refractivity (Wildman–Crippen MR) is 98.9 cm³/mol. The van der Waals surface area contributed by atoms with E-state index < -0.39 is 0 Å². The first-order valence-electron chi connectivity index (χ1n) is 7.87. The Kier molecular flexibility index (Phi) is 3.86. The Morgan fingerprint density at radius 1 is 1.16 bits per heavy atom. The Bertz CT molecular complexity index is 1110. The van der Waals surface area contributed by atoms with Crippen LogP contribution in [0.25, 0.3) is 22.6 Å². The maximum Gasteiger partial charge on any atom is 0.277 e. The molecule has 2 heterocycles. The normalized spacial score (nSPS) is 11.1. The van der Waals surface area contributed by atoms with Crippen LogP contribution in [0.2, 0.25) is 5.02 Å². The lowest BCUT2D eigenvalue weighted by Gasteiger charge is -2.05. The fraction of sp³-hybridized carbons (Fsp3) is 0.105. The van der Waals surface area contributed by atoms with Gasteiger partial charge in [-0.2, -0.15) is 0 Å². The lowest BCUT2D eigenvalue weighted by Crippen LogP contribution is -2.13. The van der Waals surface area contributed by atoms with Gasteiger partial charge in [0, 0.05) is 17.1 Å². The van der Waals surface area contributed by atoms with Crippen LogP contribution in [0.1, 0.15) is 11.1 Å². The first-order chi connectivity index (χ1) is 12.1. The third-order valence-electron chi connectivity index (χ3n) is 4.05. The number of halogens is 1. The summed E-state index contributed by atoms with van der Waals surface area (Å²) in [5, 5.41) is 0.588. The van der Waals surface area contributed by atoms with E-state index in [-0.39, 0.29) is 5.56 Å². The number of fused-ring (bicyclic) bond motifs is 1. The van der Waals surface area contributed by atoms with Gasteiger partial charge in [0.1, 0.15) is 5.82 Å². The zero-order chi connectivity index (χ0) is 17.4. The lowest BCUT2D eigenvalue weighted by atomic mass is 10.1. The molecule has 0 bridgehead atoms. The van der Waals surface area contributed by atoms with Gasteiger partial charge in [-0.3, -0.25) is 4.79 Å². The van der Waals surface area contributed by atoms with Crippen LogP contribution in [0.4, 0.5) is 0 Å². The molecule has 0 atom stereocenters. The Morgan fingerprint density at radius 3 is 2.72 bits per heavy atom. The van der Waals surface area contributed by atoms with Gasteiger partial charge in [-0.25, -0.2) is 9.97 Å². The van der Waals surface area contributed by atoms with E-state index in [1.807, 2.05) is 47.9 Å². The van der Waals surface area contributed by atoms with Crippen LogP contribution < -0.4 is 5.56 Å². The predicted octanol–water partition coefficient (Wildman–Crippen LogP) is 3.80. The maximum atomic E-state index is 12.6. The monoisotopic (exact) mass is 350 g/mol. The van der Waals surface area contributed by atoms with Crippen molar-refractivity contribution < 1.29 is 0 Å². The van der Waals surface area contributed by atoms with Crippen molar-refractivity contribution >= 4 is 22.8 Å². The van der Waals surface area contributed by atoms with Crippen molar-refractivity contribution in [2.45, 2.75) is 13.5 Å². The number of nitrogens with zero attached hydrogens (tertiary/aromatic N) is 3. The van der Waals surface area contributed by atoms with E-state index in [0.717, 1.165) is 11.1 Å². The molecule has 0 aliphatic carbocycles. The van der Waals surface area contributed by atoms with Crippen LogP contribution >= 0.6 is 11.6 Å². The zero-order valence-electron chi connectivity index (χ0n) is 13.5. The van der Waals surface area contributed by atoms with E-state index in [0.29, 0.717) is 28.6 Å². The molecule has 0 amide bonds. The number of aromatic amines is 1. The minimum Gasteiger partial charge on any atom is -0.320 e. The van der Waals surface area contributed by atoms with Crippen LogP contribution in [0.15, 0.2) is 59.7 Å². The molecule has 0 unspecified atom stereocenters. The molecule has 4 aromatic rings. The summed E-state index contributed by atoms with van der Waals surface area (Å²) in [5.74, 6) is 0.459. The van der Waals surface area contributed by atoms with Gasteiger partial charge in [-0.05, 0) is 24.6 Å². The topological polar surface area (TPSA) is 63.6 Å². The summed E-state index contributed by atoms with van der Waals surface area (Å²) >= 11 is 6.02. The van der Waals surface area contributed by atoms with Crippen LogP contribution in [0.5, 0.6) is 0 Å². The molecule has 4 rings (SSSR count). The molecule has 6 heteroatoms. The van der Waals surface area contributed by atoms with Crippen LogP contribution in [-0.4, -0.2) is 19.5 Å². The second-order valence-corrected chi connectivity index (χ2v) is 6.39. The van der Waals surface area contributed by atoms with Gasteiger partial charge in [0.2, 0.25) is 0 Å². The molecule has 0 aliphatic rings. The Labute approximate surface area is 149 Å². The molecular formula is C19H15ClN4O. The van der Waals surface area contributed by atoms with Crippen molar-refractivity contribution in [2.24, 2.45) is 0 Å². The van der Waals surface area contributed by atoms with E-state index in [4.69, 9.17) is 11.6 Å². The van der Waals surface area contributed by atoms with Gasteiger partial charge in [0.05, 0.1) is 6.33 Å². The lowest BCUT2D eigenvalue weighted by molar-refractivity contribution is 0.819. The van der Waals surface area contributed by atoms with Gasteiger partial charge in [0.15, 0.2) is 11.2 Å². The summed E-state index contributed by atoms with van der Waals surface area (Å²) in [6.07, 6.45) is 1.65. The summed E-state index contributed by atoms with van der Waals surface area (Å²) in [6.45, 7) is 2.61. The van der Waals surface area contributed by atoms with E-state index in [1.165, 1.54) is 5.56 Å². The van der Waals surface area contributed by atoms with Crippen molar-refractivity contribution in [1.82, 2.24) is 19.5 Å². The van der Waals surface area contributed by atoms with Gasteiger partial charge in [-0.15, -0.1) is 0 Å². The molecule has 0 fully saturated rings. The standard InChI is InChI=1S/C19H15ClN4O/c1-12-5-7-13(8-6-12)10-24-11-21-18-16(24)19(25)23-17(22-18)14-3-2-4-15(20)9-14/h2-9,11H,10H2,1H3,(H,22,23,25). The van der Waals surface area contributed by atoms with Crippen molar-refractivity contribution in [3.63, 3.8) is 0 Å². The highest BCUT2D eigenvalue weighted by atomic mass is 35.5. The quantitative estimate of drug-likeness (QED) is 0.611. The fourth-order valence-electron chi connectivity index (χ4n) is 2.77. The second-order valence-electron chi connectivity index (χ2n) is 5.96. The Balaban J connectivity index is 1.77. The molecule has 2 aromatic heterocycles. The van der Waals surface area contributed by atoms with Gasteiger partial charge < -0.3 is 9.55 Å². The second kappa shape index (κ2) is 6.18. The largest absolute Gasteiger partial charge is 0.320 e. The Hall–Kier alpha value is -2.92. The summed E-state index contributed by atoms with van der Waals surface area (Å²) < 4.78 is 1.81. The molecule has 0 saturated heterocycles. The molecule has 0 radical (unpaired) electrons. The molecule has 1 N–H and O–H groups in total. The number of imidazole rings is 1. The third-order valence-corrected chi connectivity index (χ3v) is 4.29. The van der Waals surface area contributed by atoms with Crippen LogP contribution in [0.3, 0.4) is 0 Å². The minimum atomic E-state index is -0.218. The average molecular weight is 351 g/mol. The minimum absolute atomic E-state index is 0.218. The molecule has 124 valence electrons. The van der Waals surface area contributed by atoms with Gasteiger partial charge >= 0.3 is 0 Å². The van der Waals surface area contributed by atoms with E-state index >= 15 is 0 Å². The van der Waals surface area contributed by atoms with Crippen molar-refractivity contribution in [3.05, 3.63) is 81.4 Å². The number of rotatable bonds is 3. The summed E-state index contributed by atoms with van der Waals surface area (Å²) in [4.78, 5) is 24.2. The SMILES string of the molecule is Cc1ccc(Cn2cnc3nc(-c4cccc(Cl)c4)[nH]c(=O)c32)cc1. The van der Waals surface area contributed by atoms with E-state index in [1.54, 1.807) is 18.5 Å². The smallest absolute Gasteiger partial charge is 0.277 e. The number of aromatic nitrogens is 4. The van der Waals surface area contributed by atoms with Crippen molar-refractivity contribution in [3.8, 4) is 11.4 Å². The van der Waals surface area contributed by atoms with E-state index in [2.05, 4.69) is 15.0 Å². The van der Waals surface area contributed by atoms with E-state index in [9.17, 15) is 4.79 Å². The molecule has 25 heavy (non-hydrogen) atoms. The summed E-state index contributed by atoms with van der Waals surface area (Å²) in [5.41, 5.74) is 3.72. The maximum absolute atomic E-state index is 12.6. The number of nitrogens with one attached hydrogen (secondary N) is 1.